The topological polar surface area (TPSA) is 89.6 Å². The van der Waals surface area contributed by atoms with Crippen LogP contribution in [0.2, 0.25) is 0 Å². The first-order valence-electron chi connectivity index (χ1n) is 3.49. The summed E-state index contributed by atoms with van der Waals surface area (Å²) in [5.74, 6) is -1.76. The van der Waals surface area contributed by atoms with E-state index < -0.39 is 24.0 Å². The lowest BCUT2D eigenvalue weighted by molar-refractivity contribution is -0.161. The van der Waals surface area contributed by atoms with Gasteiger partial charge in [0, 0.05) is 6.54 Å². The molecule has 0 unspecified atom stereocenters. The highest BCUT2D eigenvalue weighted by atomic mass is 16.6. The first kappa shape index (κ1) is 10.9. The van der Waals surface area contributed by atoms with Crippen molar-refractivity contribution in [2.24, 2.45) is 11.1 Å². The van der Waals surface area contributed by atoms with Gasteiger partial charge in [0.05, 0.1) is 5.41 Å². The van der Waals surface area contributed by atoms with E-state index in [0.29, 0.717) is 0 Å². The van der Waals surface area contributed by atoms with Gasteiger partial charge in [0.15, 0.2) is 6.61 Å². The van der Waals surface area contributed by atoms with Crippen LogP contribution in [0.1, 0.15) is 13.8 Å². The van der Waals surface area contributed by atoms with E-state index >= 15 is 0 Å². The summed E-state index contributed by atoms with van der Waals surface area (Å²) < 4.78 is 4.44. The Bertz CT molecular complexity index is 188. The van der Waals surface area contributed by atoms with Crippen LogP contribution in [0.4, 0.5) is 0 Å². The molecule has 0 aromatic rings. The Labute approximate surface area is 70.5 Å². The number of hydrogen-bond donors (Lipinski definition) is 2. The largest absolute Gasteiger partial charge is 0.479 e. The Morgan fingerprint density at radius 1 is 1.50 bits per heavy atom. The van der Waals surface area contributed by atoms with Crippen molar-refractivity contribution < 1.29 is 19.4 Å². The van der Waals surface area contributed by atoms with E-state index in [-0.39, 0.29) is 6.54 Å². The Morgan fingerprint density at radius 2 is 2.00 bits per heavy atom. The third-order valence-electron chi connectivity index (χ3n) is 1.39. The van der Waals surface area contributed by atoms with Crippen molar-refractivity contribution in [3.63, 3.8) is 0 Å². The van der Waals surface area contributed by atoms with Gasteiger partial charge in [0.1, 0.15) is 0 Å². The van der Waals surface area contributed by atoms with Gasteiger partial charge in [-0.15, -0.1) is 0 Å². The third-order valence-corrected chi connectivity index (χ3v) is 1.39. The molecule has 0 aromatic carbocycles. The van der Waals surface area contributed by atoms with Crippen LogP contribution in [0, 0.1) is 5.41 Å². The average Bonchev–Trinajstić information content (AvgIpc) is 2.00. The lowest BCUT2D eigenvalue weighted by Crippen LogP contribution is -2.35. The number of nitrogens with two attached hydrogens (primary N) is 1. The lowest BCUT2D eigenvalue weighted by Gasteiger charge is -2.18. The van der Waals surface area contributed by atoms with Crippen LogP contribution in [0.5, 0.6) is 0 Å². The molecular formula is C7H13NO4. The number of carboxylic acids is 1. The maximum atomic E-state index is 11.0. The Balaban J connectivity index is 3.96. The van der Waals surface area contributed by atoms with Crippen LogP contribution in [-0.2, 0) is 14.3 Å². The second-order valence-electron chi connectivity index (χ2n) is 3.06. The monoisotopic (exact) mass is 175 g/mol. The van der Waals surface area contributed by atoms with Crippen molar-refractivity contribution in [1.29, 1.82) is 0 Å². The molecule has 12 heavy (non-hydrogen) atoms. The van der Waals surface area contributed by atoms with Crippen LogP contribution in [-0.4, -0.2) is 30.2 Å². The van der Waals surface area contributed by atoms with Gasteiger partial charge in [-0.25, -0.2) is 4.79 Å². The van der Waals surface area contributed by atoms with Crippen molar-refractivity contribution in [2.45, 2.75) is 13.8 Å². The van der Waals surface area contributed by atoms with Crippen LogP contribution in [0.3, 0.4) is 0 Å². The van der Waals surface area contributed by atoms with E-state index in [1.165, 1.54) is 0 Å². The molecule has 5 nitrogen and oxygen atoms in total. The van der Waals surface area contributed by atoms with Crippen molar-refractivity contribution in [2.75, 3.05) is 13.2 Å². The zero-order valence-corrected chi connectivity index (χ0v) is 7.16. The van der Waals surface area contributed by atoms with Crippen molar-refractivity contribution in [3.05, 3.63) is 0 Å². The summed E-state index contributed by atoms with van der Waals surface area (Å²) in [4.78, 5) is 21.0. The summed E-state index contributed by atoms with van der Waals surface area (Å²) in [6.45, 7) is 2.71. The molecular weight excluding hydrogens is 162 g/mol. The minimum absolute atomic E-state index is 0.130. The van der Waals surface area contributed by atoms with Crippen LogP contribution in [0.25, 0.3) is 0 Å². The minimum atomic E-state index is -1.17. The molecule has 0 bridgehead atoms. The number of esters is 1. The predicted octanol–water partition coefficient (Wildman–Crippen LogP) is -0.401. The van der Waals surface area contributed by atoms with E-state index in [4.69, 9.17) is 10.8 Å². The second-order valence-corrected chi connectivity index (χ2v) is 3.06. The molecule has 0 rings (SSSR count). The highest BCUT2D eigenvalue weighted by molar-refractivity contribution is 5.79. The number of aliphatic carboxylic acids is 1. The number of ether oxygens (including phenoxy) is 1. The minimum Gasteiger partial charge on any atom is -0.479 e. The fraction of sp³-hybridized carbons (Fsp3) is 0.714. The van der Waals surface area contributed by atoms with Gasteiger partial charge in [-0.2, -0.15) is 0 Å². The van der Waals surface area contributed by atoms with E-state index in [1.54, 1.807) is 13.8 Å². The van der Waals surface area contributed by atoms with E-state index in [0.717, 1.165) is 0 Å². The standard InChI is InChI=1S/C7H13NO4/c1-7(2,4-8)6(11)12-3-5(9)10/h3-4,8H2,1-2H3,(H,9,10). The third kappa shape index (κ3) is 3.34. The normalized spacial score (nSPS) is 10.9. The highest BCUT2D eigenvalue weighted by Gasteiger charge is 2.27. The molecule has 3 N–H and O–H groups in total. The van der Waals surface area contributed by atoms with Crippen molar-refractivity contribution >= 4 is 11.9 Å². The highest BCUT2D eigenvalue weighted by Crippen LogP contribution is 2.14. The summed E-state index contributed by atoms with van der Waals surface area (Å²) in [7, 11) is 0. The van der Waals surface area contributed by atoms with Crippen molar-refractivity contribution in [1.82, 2.24) is 0 Å². The number of carbonyl (C=O) groups excluding carboxylic acids is 1. The molecule has 0 amide bonds. The lowest BCUT2D eigenvalue weighted by atomic mass is 9.94. The summed E-state index contributed by atoms with van der Waals surface area (Å²) in [6, 6.07) is 0. The van der Waals surface area contributed by atoms with Crippen LogP contribution < -0.4 is 5.73 Å². The van der Waals surface area contributed by atoms with Gasteiger partial charge in [-0.05, 0) is 13.8 Å². The molecule has 0 spiro atoms. The quantitative estimate of drug-likeness (QED) is 0.567. The molecule has 0 aliphatic rings. The summed E-state index contributed by atoms with van der Waals surface area (Å²) in [6.07, 6.45) is 0. The van der Waals surface area contributed by atoms with Gasteiger partial charge in [-0.1, -0.05) is 0 Å². The molecule has 0 aliphatic carbocycles. The van der Waals surface area contributed by atoms with Gasteiger partial charge in [-0.3, -0.25) is 4.79 Å². The number of carbonyl (C=O) groups is 2. The first-order valence-corrected chi connectivity index (χ1v) is 3.49. The zero-order valence-electron chi connectivity index (χ0n) is 7.16. The summed E-state index contributed by atoms with van der Waals surface area (Å²) in [5, 5.41) is 8.19. The molecule has 0 saturated carbocycles. The molecule has 0 aromatic heterocycles. The number of carboxylic acid groups (broad SMARTS) is 1. The molecule has 0 saturated heterocycles. The van der Waals surface area contributed by atoms with Gasteiger partial charge >= 0.3 is 11.9 Å². The smallest absolute Gasteiger partial charge is 0.341 e. The molecule has 0 atom stereocenters. The fourth-order valence-corrected chi connectivity index (χ4v) is 0.406. The number of hydrogen-bond acceptors (Lipinski definition) is 4. The second kappa shape index (κ2) is 4.06. The Kier molecular flexibility index (Phi) is 3.69. The average molecular weight is 175 g/mol. The summed E-state index contributed by atoms with van der Waals surface area (Å²) in [5.41, 5.74) is 4.46. The van der Waals surface area contributed by atoms with Crippen molar-refractivity contribution in [3.8, 4) is 0 Å². The SMILES string of the molecule is CC(C)(CN)C(=O)OCC(=O)O. The van der Waals surface area contributed by atoms with E-state index in [1.807, 2.05) is 0 Å². The molecule has 0 radical (unpaired) electrons. The molecule has 0 heterocycles. The van der Waals surface area contributed by atoms with E-state index in [9.17, 15) is 9.59 Å². The van der Waals surface area contributed by atoms with Crippen LogP contribution in [0.15, 0.2) is 0 Å². The maximum Gasteiger partial charge on any atom is 0.341 e. The Morgan fingerprint density at radius 3 is 2.33 bits per heavy atom. The van der Waals surface area contributed by atoms with Gasteiger partial charge < -0.3 is 15.6 Å². The molecule has 70 valence electrons. The van der Waals surface area contributed by atoms with Gasteiger partial charge in [0.25, 0.3) is 0 Å². The molecule has 5 heteroatoms. The van der Waals surface area contributed by atoms with E-state index in [2.05, 4.69) is 4.74 Å². The molecule has 0 aliphatic heterocycles. The predicted molar refractivity (Wildman–Crippen MR) is 41.4 cm³/mol. The zero-order chi connectivity index (χ0) is 9.78. The molecule has 0 fully saturated rings. The number of rotatable bonds is 4. The maximum absolute atomic E-state index is 11.0. The van der Waals surface area contributed by atoms with Gasteiger partial charge in [0.2, 0.25) is 0 Å². The Hall–Kier alpha value is -1.10. The van der Waals surface area contributed by atoms with Crippen LogP contribution >= 0.6 is 0 Å². The summed E-state index contributed by atoms with van der Waals surface area (Å²) >= 11 is 0. The first-order chi connectivity index (χ1) is 5.40. The fourth-order valence-electron chi connectivity index (χ4n) is 0.406.